The third-order valence-electron chi connectivity index (χ3n) is 5.80. The van der Waals surface area contributed by atoms with Crippen molar-refractivity contribution in [2.24, 2.45) is 0 Å². The maximum Gasteiger partial charge on any atom is 0.253 e. The van der Waals surface area contributed by atoms with Crippen molar-refractivity contribution in [3.05, 3.63) is 89.7 Å². The zero-order valence-electron chi connectivity index (χ0n) is 18.5. The van der Waals surface area contributed by atoms with E-state index in [1.165, 1.54) is 12.1 Å². The van der Waals surface area contributed by atoms with E-state index in [0.717, 1.165) is 67.0 Å². The number of likely N-dealkylation sites (tertiary alicyclic amines) is 1. The van der Waals surface area contributed by atoms with Gasteiger partial charge in [-0.2, -0.15) is 0 Å². The molecule has 1 amide bonds. The van der Waals surface area contributed by atoms with Crippen LogP contribution in [0.1, 0.15) is 28.8 Å². The third kappa shape index (κ3) is 5.74. The average molecular weight is 433 g/mol. The Bertz CT molecular complexity index is 1030. The molecule has 0 atom stereocenters. The van der Waals surface area contributed by atoms with Gasteiger partial charge in [0.1, 0.15) is 18.2 Å². The van der Waals surface area contributed by atoms with Crippen LogP contribution in [0.4, 0.5) is 4.39 Å². The largest absolute Gasteiger partial charge is 0.492 e. The van der Waals surface area contributed by atoms with Crippen molar-refractivity contribution in [2.45, 2.75) is 19.4 Å². The van der Waals surface area contributed by atoms with Gasteiger partial charge in [-0.15, -0.1) is 0 Å². The van der Waals surface area contributed by atoms with Crippen LogP contribution in [0.3, 0.4) is 0 Å². The van der Waals surface area contributed by atoms with Crippen molar-refractivity contribution in [3.8, 4) is 16.9 Å². The minimum atomic E-state index is -0.215. The molecule has 1 aliphatic heterocycles. The van der Waals surface area contributed by atoms with E-state index in [9.17, 15) is 9.18 Å². The van der Waals surface area contributed by atoms with Gasteiger partial charge in [-0.05, 0) is 73.0 Å². The Morgan fingerprint density at radius 3 is 2.41 bits per heavy atom. The lowest BCUT2D eigenvalue weighted by atomic mass is 10.0. The lowest BCUT2D eigenvalue weighted by Crippen LogP contribution is -2.27. The molecule has 0 spiro atoms. The summed E-state index contributed by atoms with van der Waals surface area (Å²) in [6.45, 7) is 3.78. The number of nitrogens with zero attached hydrogens (tertiary/aromatic N) is 2. The molecule has 166 valence electrons. The fourth-order valence-electron chi connectivity index (χ4n) is 3.97. The van der Waals surface area contributed by atoms with E-state index < -0.39 is 0 Å². The van der Waals surface area contributed by atoms with Gasteiger partial charge in [0.05, 0.1) is 0 Å². The molecule has 1 fully saturated rings. The van der Waals surface area contributed by atoms with Crippen molar-refractivity contribution in [1.82, 2.24) is 9.80 Å². The monoisotopic (exact) mass is 432 g/mol. The summed E-state index contributed by atoms with van der Waals surface area (Å²) in [6, 6.07) is 22.4. The van der Waals surface area contributed by atoms with Crippen molar-refractivity contribution in [2.75, 3.05) is 33.3 Å². The Morgan fingerprint density at radius 2 is 1.69 bits per heavy atom. The fourth-order valence-corrected chi connectivity index (χ4v) is 3.97. The van der Waals surface area contributed by atoms with E-state index >= 15 is 0 Å². The van der Waals surface area contributed by atoms with Gasteiger partial charge in [0, 0.05) is 31.7 Å². The molecule has 1 aliphatic rings. The topological polar surface area (TPSA) is 32.8 Å². The van der Waals surface area contributed by atoms with Crippen LogP contribution in [0.2, 0.25) is 0 Å². The number of rotatable bonds is 8. The molecular formula is C27H29FN2O2. The minimum absolute atomic E-state index is 0.121. The number of ether oxygens (including phenoxy) is 1. The molecule has 5 heteroatoms. The number of benzene rings is 3. The maximum absolute atomic E-state index is 13.0. The van der Waals surface area contributed by atoms with Crippen LogP contribution in [0.15, 0.2) is 72.8 Å². The molecule has 3 aromatic rings. The zero-order valence-corrected chi connectivity index (χ0v) is 18.5. The quantitative estimate of drug-likeness (QED) is 0.488. The van der Waals surface area contributed by atoms with Gasteiger partial charge in [0.25, 0.3) is 5.91 Å². The first-order valence-corrected chi connectivity index (χ1v) is 11.1. The van der Waals surface area contributed by atoms with Gasteiger partial charge < -0.3 is 9.64 Å². The molecule has 4 nitrogen and oxygen atoms in total. The number of carbonyl (C=O) groups excluding carboxylic acids is 1. The van der Waals surface area contributed by atoms with Gasteiger partial charge in [0.2, 0.25) is 0 Å². The first-order chi connectivity index (χ1) is 15.6. The molecule has 3 aromatic carbocycles. The van der Waals surface area contributed by atoms with Crippen molar-refractivity contribution < 1.29 is 13.9 Å². The Hall–Kier alpha value is -3.18. The van der Waals surface area contributed by atoms with Crippen LogP contribution in [0, 0.1) is 5.82 Å². The smallest absolute Gasteiger partial charge is 0.253 e. The maximum atomic E-state index is 13.0. The van der Waals surface area contributed by atoms with E-state index in [-0.39, 0.29) is 11.7 Å². The average Bonchev–Trinajstić information content (AvgIpc) is 3.35. The number of likely N-dealkylation sites (N-methyl/N-ethyl adjacent to an activating group) is 1. The summed E-state index contributed by atoms with van der Waals surface area (Å²) in [6.07, 6.45) is 2.19. The van der Waals surface area contributed by atoms with Gasteiger partial charge >= 0.3 is 0 Å². The summed E-state index contributed by atoms with van der Waals surface area (Å²) in [4.78, 5) is 16.6. The van der Waals surface area contributed by atoms with Crippen molar-refractivity contribution in [1.29, 1.82) is 0 Å². The second-order valence-corrected chi connectivity index (χ2v) is 8.32. The molecule has 4 rings (SSSR count). The molecule has 32 heavy (non-hydrogen) atoms. The summed E-state index contributed by atoms with van der Waals surface area (Å²) in [7, 11) is 2.02. The van der Waals surface area contributed by atoms with Crippen molar-refractivity contribution >= 4 is 5.91 Å². The second kappa shape index (κ2) is 10.4. The highest BCUT2D eigenvalue weighted by Crippen LogP contribution is 2.25. The number of halogens is 1. The van der Waals surface area contributed by atoms with E-state index in [0.29, 0.717) is 6.61 Å². The van der Waals surface area contributed by atoms with Gasteiger partial charge in [0.15, 0.2) is 0 Å². The van der Waals surface area contributed by atoms with Crippen LogP contribution in [-0.4, -0.2) is 49.0 Å². The molecule has 0 N–H and O–H groups in total. The predicted octanol–water partition coefficient (Wildman–Crippen LogP) is 5.24. The van der Waals surface area contributed by atoms with Crippen LogP contribution in [0.25, 0.3) is 11.1 Å². The molecule has 0 aliphatic carbocycles. The molecule has 1 heterocycles. The summed E-state index contributed by atoms with van der Waals surface area (Å²) in [5.41, 5.74) is 3.93. The fraction of sp³-hybridized carbons (Fsp3) is 0.296. The Labute approximate surface area is 189 Å². The Balaban J connectivity index is 1.31. The molecular weight excluding hydrogens is 403 g/mol. The van der Waals surface area contributed by atoms with Gasteiger partial charge in [-0.25, -0.2) is 4.39 Å². The summed E-state index contributed by atoms with van der Waals surface area (Å²) in [5, 5.41) is 0. The normalized spacial score (nSPS) is 13.5. The molecule has 0 bridgehead atoms. The highest BCUT2D eigenvalue weighted by Gasteiger charge is 2.19. The van der Waals surface area contributed by atoms with Crippen LogP contribution >= 0.6 is 0 Å². The molecule has 0 unspecified atom stereocenters. The number of hydrogen-bond donors (Lipinski definition) is 0. The Morgan fingerprint density at radius 1 is 0.969 bits per heavy atom. The molecule has 1 saturated heterocycles. The highest BCUT2D eigenvalue weighted by molar-refractivity contribution is 5.94. The van der Waals surface area contributed by atoms with Gasteiger partial charge in [-0.1, -0.05) is 36.4 Å². The Kier molecular flexibility index (Phi) is 7.17. The van der Waals surface area contributed by atoms with E-state index in [4.69, 9.17) is 4.74 Å². The van der Waals surface area contributed by atoms with E-state index in [1.807, 2.05) is 60.5 Å². The molecule has 0 saturated carbocycles. The first kappa shape index (κ1) is 22.0. The van der Waals surface area contributed by atoms with Crippen molar-refractivity contribution in [3.63, 3.8) is 0 Å². The number of carbonyl (C=O) groups is 1. The van der Waals surface area contributed by atoms with Gasteiger partial charge in [-0.3, -0.25) is 9.69 Å². The lowest BCUT2D eigenvalue weighted by molar-refractivity contribution is 0.0793. The second-order valence-electron chi connectivity index (χ2n) is 8.32. The summed E-state index contributed by atoms with van der Waals surface area (Å²) < 4.78 is 19.0. The summed E-state index contributed by atoms with van der Waals surface area (Å²) in [5.74, 6) is 0.721. The van der Waals surface area contributed by atoms with Crippen LogP contribution in [0.5, 0.6) is 5.75 Å². The third-order valence-corrected chi connectivity index (χ3v) is 5.80. The standard InChI is InChI=1S/C27H29FN2O2/c1-29(20-21-7-13-25(28)14-8-21)17-18-32-26-6-4-5-24(19-26)22-9-11-23(12-10-22)27(31)30-15-2-3-16-30/h4-14,19H,2-3,15-18,20H2,1H3. The van der Waals surface area contributed by atoms with E-state index in [1.54, 1.807) is 12.1 Å². The van der Waals surface area contributed by atoms with E-state index in [2.05, 4.69) is 4.90 Å². The highest BCUT2D eigenvalue weighted by atomic mass is 19.1. The zero-order chi connectivity index (χ0) is 22.3. The lowest BCUT2D eigenvalue weighted by Gasteiger charge is -2.17. The predicted molar refractivity (Wildman–Crippen MR) is 125 cm³/mol. The van der Waals surface area contributed by atoms with Crippen LogP contribution < -0.4 is 4.74 Å². The molecule has 0 aromatic heterocycles. The van der Waals surface area contributed by atoms with Crippen LogP contribution in [-0.2, 0) is 6.54 Å². The SMILES string of the molecule is CN(CCOc1cccc(-c2ccc(C(=O)N3CCCC3)cc2)c1)Cc1ccc(F)cc1. The first-order valence-electron chi connectivity index (χ1n) is 11.1. The number of hydrogen-bond acceptors (Lipinski definition) is 3. The summed E-state index contributed by atoms with van der Waals surface area (Å²) >= 11 is 0. The number of amides is 1. The minimum Gasteiger partial charge on any atom is -0.492 e. The molecule has 0 radical (unpaired) electrons.